The third-order valence-electron chi connectivity index (χ3n) is 2.61. The van der Waals surface area contributed by atoms with Crippen LogP contribution in [0.25, 0.3) is 10.2 Å². The molecule has 1 aliphatic heterocycles. The Balaban J connectivity index is 1.86. The molecule has 1 N–H and O–H groups in total. The number of thiazole rings is 1. The molecule has 2 aromatic rings. The highest BCUT2D eigenvalue weighted by Gasteiger charge is 2.16. The zero-order valence-electron chi connectivity index (χ0n) is 8.57. The fourth-order valence-electron chi connectivity index (χ4n) is 1.78. The second-order valence-corrected chi connectivity index (χ2v) is 6.02. The molecule has 1 fully saturated rings. The number of anilines is 1. The minimum atomic E-state index is -0.195. The lowest BCUT2D eigenvalue weighted by Crippen LogP contribution is -2.17. The number of fused-ring (bicyclic) bond motifs is 1. The van der Waals surface area contributed by atoms with Gasteiger partial charge in [0.05, 0.1) is 10.2 Å². The van der Waals surface area contributed by atoms with E-state index in [0.29, 0.717) is 6.04 Å². The molecule has 2 heterocycles. The summed E-state index contributed by atoms with van der Waals surface area (Å²) in [5, 5.41) is 4.32. The van der Waals surface area contributed by atoms with Crippen LogP contribution in [0.3, 0.4) is 0 Å². The summed E-state index contributed by atoms with van der Waals surface area (Å²) in [6.45, 7) is 0. The molecule has 0 saturated carbocycles. The molecule has 0 bridgehead atoms. The van der Waals surface area contributed by atoms with Crippen molar-refractivity contribution >= 4 is 38.4 Å². The number of nitrogens with one attached hydrogen (secondary N) is 1. The molecule has 0 amide bonds. The number of halogens is 1. The SMILES string of the molecule is Fc1ccc2nc(NC3CCSC3)sc2c1. The van der Waals surface area contributed by atoms with Crippen LogP contribution in [0.5, 0.6) is 0 Å². The Bertz CT molecular complexity index is 506. The van der Waals surface area contributed by atoms with Crippen molar-refractivity contribution in [3.63, 3.8) is 0 Å². The van der Waals surface area contributed by atoms with Crippen molar-refractivity contribution in [2.45, 2.75) is 12.5 Å². The number of hydrogen-bond donors (Lipinski definition) is 1. The lowest BCUT2D eigenvalue weighted by molar-refractivity contribution is 0.630. The molecule has 1 aromatic heterocycles. The van der Waals surface area contributed by atoms with Crippen LogP contribution < -0.4 is 5.32 Å². The van der Waals surface area contributed by atoms with Crippen molar-refractivity contribution in [3.8, 4) is 0 Å². The van der Waals surface area contributed by atoms with E-state index in [1.165, 1.54) is 29.6 Å². The molecule has 84 valence electrons. The Labute approximate surface area is 101 Å². The first kappa shape index (κ1) is 10.4. The smallest absolute Gasteiger partial charge is 0.184 e. The highest BCUT2D eigenvalue weighted by Crippen LogP contribution is 2.29. The van der Waals surface area contributed by atoms with Crippen molar-refractivity contribution in [1.82, 2.24) is 4.98 Å². The topological polar surface area (TPSA) is 24.9 Å². The first-order valence-electron chi connectivity index (χ1n) is 5.21. The van der Waals surface area contributed by atoms with Gasteiger partial charge in [-0.05, 0) is 30.4 Å². The number of aromatic nitrogens is 1. The molecule has 1 aliphatic rings. The summed E-state index contributed by atoms with van der Waals surface area (Å²) in [7, 11) is 0. The van der Waals surface area contributed by atoms with Crippen LogP contribution >= 0.6 is 23.1 Å². The van der Waals surface area contributed by atoms with E-state index in [1.54, 1.807) is 12.1 Å². The van der Waals surface area contributed by atoms with E-state index in [2.05, 4.69) is 10.3 Å². The number of thioether (sulfide) groups is 1. The van der Waals surface area contributed by atoms with Gasteiger partial charge in [0.25, 0.3) is 0 Å². The van der Waals surface area contributed by atoms with Gasteiger partial charge < -0.3 is 5.32 Å². The van der Waals surface area contributed by atoms with Crippen LogP contribution in [0.15, 0.2) is 18.2 Å². The maximum absolute atomic E-state index is 13.0. The maximum Gasteiger partial charge on any atom is 0.184 e. The van der Waals surface area contributed by atoms with Gasteiger partial charge in [0, 0.05) is 11.8 Å². The average Bonchev–Trinajstić information content (AvgIpc) is 2.86. The molecule has 3 rings (SSSR count). The number of nitrogens with zero attached hydrogens (tertiary/aromatic N) is 1. The van der Waals surface area contributed by atoms with Gasteiger partial charge >= 0.3 is 0 Å². The van der Waals surface area contributed by atoms with Crippen LogP contribution in [0, 0.1) is 5.82 Å². The quantitative estimate of drug-likeness (QED) is 0.889. The van der Waals surface area contributed by atoms with E-state index in [1.807, 2.05) is 11.8 Å². The third-order valence-corrected chi connectivity index (χ3v) is 4.72. The Hall–Kier alpha value is -0.810. The van der Waals surface area contributed by atoms with Crippen LogP contribution in [0.1, 0.15) is 6.42 Å². The van der Waals surface area contributed by atoms with Gasteiger partial charge in [-0.15, -0.1) is 0 Å². The van der Waals surface area contributed by atoms with E-state index >= 15 is 0 Å². The lowest BCUT2D eigenvalue weighted by atomic mass is 10.3. The molecule has 1 atom stereocenters. The van der Waals surface area contributed by atoms with Crippen molar-refractivity contribution in [3.05, 3.63) is 24.0 Å². The Kier molecular flexibility index (Phi) is 2.73. The van der Waals surface area contributed by atoms with Gasteiger partial charge in [-0.1, -0.05) is 11.3 Å². The van der Waals surface area contributed by atoms with Crippen LogP contribution in [0.4, 0.5) is 9.52 Å². The number of rotatable bonds is 2. The van der Waals surface area contributed by atoms with E-state index in [9.17, 15) is 4.39 Å². The molecule has 1 aromatic carbocycles. The number of benzene rings is 1. The molecule has 1 unspecified atom stereocenters. The first-order valence-corrected chi connectivity index (χ1v) is 7.19. The van der Waals surface area contributed by atoms with Crippen molar-refractivity contribution in [1.29, 1.82) is 0 Å². The second-order valence-electron chi connectivity index (χ2n) is 3.84. The lowest BCUT2D eigenvalue weighted by Gasteiger charge is -2.08. The molecule has 0 aliphatic carbocycles. The standard InChI is InChI=1S/C11H11FN2S2/c12-7-1-2-9-10(5-7)16-11(14-9)13-8-3-4-15-6-8/h1-2,5,8H,3-4,6H2,(H,13,14). The molecule has 16 heavy (non-hydrogen) atoms. The second kappa shape index (κ2) is 4.22. The van der Waals surface area contributed by atoms with Gasteiger partial charge in [-0.3, -0.25) is 0 Å². The van der Waals surface area contributed by atoms with Crippen molar-refractivity contribution in [2.24, 2.45) is 0 Å². The summed E-state index contributed by atoms with van der Waals surface area (Å²) in [4.78, 5) is 4.45. The normalized spacial score (nSPS) is 20.4. The van der Waals surface area contributed by atoms with Gasteiger partial charge in [0.15, 0.2) is 5.13 Å². The van der Waals surface area contributed by atoms with Gasteiger partial charge in [-0.2, -0.15) is 11.8 Å². The maximum atomic E-state index is 13.0. The minimum absolute atomic E-state index is 0.195. The number of hydrogen-bond acceptors (Lipinski definition) is 4. The Morgan fingerprint density at radius 1 is 1.44 bits per heavy atom. The largest absolute Gasteiger partial charge is 0.358 e. The monoisotopic (exact) mass is 254 g/mol. The minimum Gasteiger partial charge on any atom is -0.358 e. The summed E-state index contributed by atoms with van der Waals surface area (Å²) in [6, 6.07) is 5.25. The fraction of sp³-hybridized carbons (Fsp3) is 0.364. The molecule has 0 radical (unpaired) electrons. The van der Waals surface area contributed by atoms with Crippen LogP contribution in [0.2, 0.25) is 0 Å². The third kappa shape index (κ3) is 2.01. The molecular weight excluding hydrogens is 243 g/mol. The van der Waals surface area contributed by atoms with Gasteiger partial charge in [0.2, 0.25) is 0 Å². The predicted molar refractivity (Wildman–Crippen MR) is 68.9 cm³/mol. The summed E-state index contributed by atoms with van der Waals surface area (Å²) in [5.74, 6) is 2.17. The highest BCUT2D eigenvalue weighted by molar-refractivity contribution is 7.99. The Morgan fingerprint density at radius 2 is 2.38 bits per heavy atom. The zero-order valence-corrected chi connectivity index (χ0v) is 10.2. The molecule has 2 nitrogen and oxygen atoms in total. The summed E-state index contributed by atoms with van der Waals surface area (Å²) in [5.41, 5.74) is 0.875. The summed E-state index contributed by atoms with van der Waals surface area (Å²) in [6.07, 6.45) is 1.19. The molecular formula is C11H11FN2S2. The van der Waals surface area contributed by atoms with E-state index in [4.69, 9.17) is 0 Å². The average molecular weight is 254 g/mol. The van der Waals surface area contributed by atoms with Crippen molar-refractivity contribution in [2.75, 3.05) is 16.8 Å². The predicted octanol–water partition coefficient (Wildman–Crippen LogP) is 3.35. The molecule has 0 spiro atoms. The van der Waals surface area contributed by atoms with Crippen LogP contribution in [-0.2, 0) is 0 Å². The summed E-state index contributed by atoms with van der Waals surface area (Å²) < 4.78 is 13.9. The highest BCUT2D eigenvalue weighted by atomic mass is 32.2. The fourth-order valence-corrected chi connectivity index (χ4v) is 3.90. The first-order chi connectivity index (χ1) is 7.81. The summed E-state index contributed by atoms with van der Waals surface area (Å²) >= 11 is 3.49. The Morgan fingerprint density at radius 3 is 3.19 bits per heavy atom. The zero-order chi connectivity index (χ0) is 11.0. The molecule has 5 heteroatoms. The van der Waals surface area contributed by atoms with Gasteiger partial charge in [0.1, 0.15) is 5.82 Å². The van der Waals surface area contributed by atoms with E-state index in [0.717, 1.165) is 21.1 Å². The van der Waals surface area contributed by atoms with E-state index in [-0.39, 0.29) is 5.82 Å². The van der Waals surface area contributed by atoms with Gasteiger partial charge in [-0.25, -0.2) is 9.37 Å². The van der Waals surface area contributed by atoms with Crippen molar-refractivity contribution < 1.29 is 4.39 Å². The van der Waals surface area contributed by atoms with E-state index < -0.39 is 0 Å². The molecule has 1 saturated heterocycles. The van der Waals surface area contributed by atoms with Crippen LogP contribution in [-0.4, -0.2) is 22.5 Å².